The molecule has 2 N–H and O–H groups in total. The number of halogens is 1. The first-order chi connectivity index (χ1) is 15.7. The standard InChI is InChI=1S/C24H26FN5OS/c25-19-8-5-18(6-9-19)7-14-22-27-24(29-28-22)32-17-23(31)26-20-10-12-21(13-11-20)30-15-3-1-2-4-16-30/h5-14H,1-4,15-17H2,(H,26,31)(H,27,28,29)/b14-7+. The maximum absolute atomic E-state index is 13.0. The van der Waals surface area contributed by atoms with Crippen molar-refractivity contribution in [1.29, 1.82) is 0 Å². The molecule has 1 aromatic heterocycles. The molecule has 1 amide bonds. The van der Waals surface area contributed by atoms with Crippen molar-refractivity contribution in [3.05, 3.63) is 65.7 Å². The number of nitrogens with one attached hydrogen (secondary N) is 2. The Morgan fingerprint density at radius 2 is 1.75 bits per heavy atom. The Bertz CT molecular complexity index is 1040. The van der Waals surface area contributed by atoms with Crippen molar-refractivity contribution in [2.24, 2.45) is 0 Å². The van der Waals surface area contributed by atoms with E-state index < -0.39 is 0 Å². The Labute approximate surface area is 191 Å². The van der Waals surface area contributed by atoms with Crippen LogP contribution in [0.5, 0.6) is 0 Å². The van der Waals surface area contributed by atoms with E-state index in [1.54, 1.807) is 18.2 Å². The number of benzene rings is 2. The van der Waals surface area contributed by atoms with Crippen molar-refractivity contribution in [3.63, 3.8) is 0 Å². The van der Waals surface area contributed by atoms with Crippen LogP contribution in [0.25, 0.3) is 12.2 Å². The van der Waals surface area contributed by atoms with E-state index in [0.29, 0.717) is 11.0 Å². The van der Waals surface area contributed by atoms with Gasteiger partial charge in [-0.15, -0.1) is 5.10 Å². The van der Waals surface area contributed by atoms with Crippen molar-refractivity contribution in [2.45, 2.75) is 30.8 Å². The van der Waals surface area contributed by atoms with Gasteiger partial charge in [0.25, 0.3) is 0 Å². The maximum Gasteiger partial charge on any atom is 0.234 e. The third kappa shape index (κ3) is 6.43. The Balaban J connectivity index is 1.24. The molecule has 1 saturated heterocycles. The minimum Gasteiger partial charge on any atom is -0.372 e. The van der Waals surface area contributed by atoms with Gasteiger partial charge in [0.15, 0.2) is 0 Å². The predicted molar refractivity (Wildman–Crippen MR) is 128 cm³/mol. The number of carbonyl (C=O) groups is 1. The van der Waals surface area contributed by atoms with Crippen molar-refractivity contribution in [3.8, 4) is 0 Å². The van der Waals surface area contributed by atoms with Crippen LogP contribution in [0.2, 0.25) is 0 Å². The maximum atomic E-state index is 13.0. The minimum absolute atomic E-state index is 0.106. The zero-order chi connectivity index (χ0) is 22.2. The van der Waals surface area contributed by atoms with Crippen LogP contribution in [0.15, 0.2) is 53.7 Å². The smallest absolute Gasteiger partial charge is 0.234 e. The van der Waals surface area contributed by atoms with E-state index >= 15 is 0 Å². The Morgan fingerprint density at radius 1 is 1.03 bits per heavy atom. The number of aromatic amines is 1. The molecule has 1 fully saturated rings. The van der Waals surface area contributed by atoms with E-state index in [4.69, 9.17) is 0 Å². The first kappa shape index (κ1) is 22.1. The van der Waals surface area contributed by atoms with Gasteiger partial charge in [-0.3, -0.25) is 9.89 Å². The van der Waals surface area contributed by atoms with Crippen molar-refractivity contribution in [2.75, 3.05) is 29.1 Å². The molecule has 166 valence electrons. The molecule has 6 nitrogen and oxygen atoms in total. The monoisotopic (exact) mass is 451 g/mol. The summed E-state index contributed by atoms with van der Waals surface area (Å²) in [5.41, 5.74) is 2.85. The van der Waals surface area contributed by atoms with E-state index in [0.717, 1.165) is 24.3 Å². The molecule has 3 aromatic rings. The number of H-pyrrole nitrogens is 1. The highest BCUT2D eigenvalue weighted by molar-refractivity contribution is 7.99. The number of hydrogen-bond acceptors (Lipinski definition) is 5. The van der Waals surface area contributed by atoms with E-state index in [2.05, 4.69) is 37.5 Å². The van der Waals surface area contributed by atoms with E-state index in [-0.39, 0.29) is 17.5 Å². The van der Waals surface area contributed by atoms with Gasteiger partial charge in [-0.05, 0) is 60.9 Å². The molecule has 0 aliphatic carbocycles. The topological polar surface area (TPSA) is 73.9 Å². The lowest BCUT2D eigenvalue weighted by Gasteiger charge is -2.22. The Kier molecular flexibility index (Phi) is 7.55. The van der Waals surface area contributed by atoms with Crippen LogP contribution in [0.1, 0.15) is 37.1 Å². The highest BCUT2D eigenvalue weighted by Gasteiger charge is 2.11. The number of nitrogens with zero attached hydrogens (tertiary/aromatic N) is 3. The molecule has 32 heavy (non-hydrogen) atoms. The lowest BCUT2D eigenvalue weighted by Crippen LogP contribution is -2.23. The van der Waals surface area contributed by atoms with Gasteiger partial charge in [0, 0.05) is 24.5 Å². The number of thioether (sulfide) groups is 1. The lowest BCUT2D eigenvalue weighted by molar-refractivity contribution is -0.113. The summed E-state index contributed by atoms with van der Waals surface area (Å²) < 4.78 is 13.0. The molecule has 1 aliphatic rings. The fourth-order valence-corrected chi connectivity index (χ4v) is 4.16. The number of carbonyl (C=O) groups excluding carboxylic acids is 1. The minimum atomic E-state index is -0.271. The summed E-state index contributed by atoms with van der Waals surface area (Å²) >= 11 is 1.26. The molecule has 2 aromatic carbocycles. The summed E-state index contributed by atoms with van der Waals surface area (Å²) in [6, 6.07) is 14.2. The van der Waals surface area contributed by atoms with Crippen LogP contribution in [0, 0.1) is 5.82 Å². The molecule has 4 rings (SSSR count). The van der Waals surface area contributed by atoms with Crippen LogP contribution >= 0.6 is 11.8 Å². The van der Waals surface area contributed by atoms with Gasteiger partial charge >= 0.3 is 0 Å². The number of hydrogen-bond donors (Lipinski definition) is 2. The normalized spacial score (nSPS) is 14.5. The van der Waals surface area contributed by atoms with Gasteiger partial charge in [-0.25, -0.2) is 9.37 Å². The van der Waals surface area contributed by atoms with Crippen molar-refractivity contribution >= 4 is 41.2 Å². The second-order valence-electron chi connectivity index (χ2n) is 7.67. The molecule has 2 heterocycles. The molecular weight excluding hydrogens is 425 g/mol. The summed E-state index contributed by atoms with van der Waals surface area (Å²) in [4.78, 5) is 19.1. The Hall–Kier alpha value is -3.13. The van der Waals surface area contributed by atoms with Crippen LogP contribution in [0.3, 0.4) is 0 Å². The highest BCUT2D eigenvalue weighted by Crippen LogP contribution is 2.22. The van der Waals surface area contributed by atoms with Crippen LogP contribution in [-0.4, -0.2) is 39.9 Å². The van der Waals surface area contributed by atoms with Gasteiger partial charge in [-0.2, -0.15) is 0 Å². The average Bonchev–Trinajstić information content (AvgIpc) is 3.09. The largest absolute Gasteiger partial charge is 0.372 e. The summed E-state index contributed by atoms with van der Waals surface area (Å²) in [6.07, 6.45) is 8.66. The number of aromatic nitrogens is 3. The third-order valence-corrected chi connectivity index (χ3v) is 6.09. The number of amides is 1. The molecular formula is C24H26FN5OS. The van der Waals surface area contributed by atoms with Crippen molar-refractivity contribution < 1.29 is 9.18 Å². The van der Waals surface area contributed by atoms with Gasteiger partial charge in [0.1, 0.15) is 11.6 Å². The van der Waals surface area contributed by atoms with Gasteiger partial charge in [-0.1, -0.05) is 42.8 Å². The van der Waals surface area contributed by atoms with E-state index in [9.17, 15) is 9.18 Å². The predicted octanol–water partition coefficient (Wildman–Crippen LogP) is 5.23. The van der Waals surface area contributed by atoms with Crippen LogP contribution < -0.4 is 10.2 Å². The zero-order valence-electron chi connectivity index (χ0n) is 17.8. The van der Waals surface area contributed by atoms with E-state index in [1.807, 2.05) is 18.2 Å². The summed E-state index contributed by atoms with van der Waals surface area (Å²) in [6.45, 7) is 2.19. The third-order valence-electron chi connectivity index (χ3n) is 5.24. The average molecular weight is 452 g/mol. The van der Waals surface area contributed by atoms with Gasteiger partial charge in [0.05, 0.1) is 5.75 Å². The summed E-state index contributed by atoms with van der Waals surface area (Å²) in [7, 11) is 0. The fraction of sp³-hybridized carbons (Fsp3) is 0.292. The molecule has 0 radical (unpaired) electrons. The molecule has 8 heteroatoms. The molecule has 0 atom stereocenters. The first-order valence-electron chi connectivity index (χ1n) is 10.8. The molecule has 0 unspecified atom stereocenters. The fourth-order valence-electron chi connectivity index (χ4n) is 3.56. The van der Waals surface area contributed by atoms with E-state index in [1.165, 1.54) is 55.3 Å². The van der Waals surface area contributed by atoms with Crippen LogP contribution in [-0.2, 0) is 4.79 Å². The molecule has 0 bridgehead atoms. The second kappa shape index (κ2) is 10.9. The lowest BCUT2D eigenvalue weighted by atomic mass is 10.2. The first-order valence-corrected chi connectivity index (χ1v) is 11.8. The molecule has 0 saturated carbocycles. The summed E-state index contributed by atoms with van der Waals surface area (Å²) in [5.74, 6) is 0.409. The number of rotatable bonds is 7. The van der Waals surface area contributed by atoms with Gasteiger partial charge < -0.3 is 10.2 Å². The highest BCUT2D eigenvalue weighted by atomic mass is 32.2. The quantitative estimate of drug-likeness (QED) is 0.482. The van der Waals surface area contributed by atoms with Crippen molar-refractivity contribution in [1.82, 2.24) is 15.2 Å². The SMILES string of the molecule is O=C(CSc1n[nH]c(/C=C/c2ccc(F)cc2)n1)Nc1ccc(N2CCCCCC2)cc1. The zero-order valence-corrected chi connectivity index (χ0v) is 18.6. The van der Waals surface area contributed by atoms with Crippen LogP contribution in [0.4, 0.5) is 15.8 Å². The summed E-state index contributed by atoms with van der Waals surface area (Å²) in [5, 5.41) is 10.4. The van der Waals surface area contributed by atoms with Gasteiger partial charge in [0.2, 0.25) is 11.1 Å². The molecule has 0 spiro atoms. The molecule has 1 aliphatic heterocycles. The number of anilines is 2. The Morgan fingerprint density at radius 3 is 2.47 bits per heavy atom. The second-order valence-corrected chi connectivity index (χ2v) is 8.62.